The highest BCUT2D eigenvalue weighted by Crippen LogP contribution is 2.32. The van der Waals surface area contributed by atoms with Crippen LogP contribution in [0.2, 0.25) is 5.28 Å². The average Bonchev–Trinajstić information content (AvgIpc) is 2.71. The molecule has 1 aromatic heterocycles. The summed E-state index contributed by atoms with van der Waals surface area (Å²) < 4.78 is 0. The van der Waals surface area contributed by atoms with Crippen LogP contribution in [0.3, 0.4) is 0 Å². The molecule has 2 heterocycles. The SMILES string of the molecule is Nc1nc(Cl)nc(N2CCc3ccccc32)n1. The quantitative estimate of drug-likeness (QED) is 0.832. The molecule has 0 fully saturated rings. The molecule has 2 N–H and O–H groups in total. The van der Waals surface area contributed by atoms with Crippen LogP contribution in [0.25, 0.3) is 0 Å². The Morgan fingerprint density at radius 2 is 2.00 bits per heavy atom. The predicted molar refractivity (Wildman–Crippen MR) is 66.4 cm³/mol. The standard InChI is InChI=1S/C11H10ClN5/c12-9-14-10(13)16-11(15-9)17-6-5-7-3-1-2-4-8(7)17/h1-4H,5-6H2,(H2,13,14,15,16). The Kier molecular flexibility index (Phi) is 2.33. The molecule has 0 atom stereocenters. The van der Waals surface area contributed by atoms with Crippen LogP contribution >= 0.6 is 11.6 Å². The molecule has 0 saturated carbocycles. The number of nitrogens with two attached hydrogens (primary N) is 1. The Bertz CT molecular complexity index is 551. The number of para-hydroxylation sites is 1. The number of nitrogens with zero attached hydrogens (tertiary/aromatic N) is 4. The fourth-order valence-electron chi connectivity index (χ4n) is 2.02. The molecule has 0 amide bonds. The number of rotatable bonds is 1. The van der Waals surface area contributed by atoms with E-state index in [-0.39, 0.29) is 11.2 Å². The molecule has 0 aliphatic carbocycles. The van der Waals surface area contributed by atoms with Crippen molar-refractivity contribution >= 4 is 29.2 Å². The number of anilines is 3. The molecule has 0 radical (unpaired) electrons. The summed E-state index contributed by atoms with van der Waals surface area (Å²) in [6.45, 7) is 0.832. The smallest absolute Gasteiger partial charge is 0.236 e. The number of benzene rings is 1. The fourth-order valence-corrected chi connectivity index (χ4v) is 2.18. The van der Waals surface area contributed by atoms with Crippen LogP contribution in [-0.2, 0) is 6.42 Å². The Balaban J connectivity index is 2.06. The van der Waals surface area contributed by atoms with Crippen molar-refractivity contribution < 1.29 is 0 Å². The molecule has 2 aromatic rings. The highest BCUT2D eigenvalue weighted by molar-refractivity contribution is 6.28. The average molecular weight is 248 g/mol. The van der Waals surface area contributed by atoms with Crippen LogP contribution in [0.5, 0.6) is 0 Å². The van der Waals surface area contributed by atoms with Gasteiger partial charge in [0.25, 0.3) is 0 Å². The maximum absolute atomic E-state index is 5.79. The van der Waals surface area contributed by atoms with Crippen molar-refractivity contribution in [1.82, 2.24) is 15.0 Å². The summed E-state index contributed by atoms with van der Waals surface area (Å²) in [5.41, 5.74) is 7.96. The zero-order chi connectivity index (χ0) is 11.8. The molecule has 1 aliphatic heterocycles. The van der Waals surface area contributed by atoms with Crippen molar-refractivity contribution in [3.8, 4) is 0 Å². The zero-order valence-electron chi connectivity index (χ0n) is 8.97. The minimum atomic E-state index is 0.122. The second kappa shape index (κ2) is 3.85. The van der Waals surface area contributed by atoms with E-state index in [0.29, 0.717) is 5.95 Å². The number of nitrogen functional groups attached to an aromatic ring is 1. The first-order valence-electron chi connectivity index (χ1n) is 5.26. The summed E-state index contributed by atoms with van der Waals surface area (Å²) in [6, 6.07) is 8.15. The maximum atomic E-state index is 5.79. The van der Waals surface area contributed by atoms with Crippen molar-refractivity contribution in [3.63, 3.8) is 0 Å². The van der Waals surface area contributed by atoms with Crippen molar-refractivity contribution in [2.75, 3.05) is 17.2 Å². The van der Waals surface area contributed by atoms with E-state index in [4.69, 9.17) is 17.3 Å². The first-order valence-corrected chi connectivity index (χ1v) is 5.64. The molecule has 17 heavy (non-hydrogen) atoms. The molecule has 3 rings (SSSR count). The molecule has 1 aromatic carbocycles. The van der Waals surface area contributed by atoms with Gasteiger partial charge in [-0.2, -0.15) is 15.0 Å². The first kappa shape index (κ1) is 10.3. The van der Waals surface area contributed by atoms with Gasteiger partial charge in [-0.15, -0.1) is 0 Å². The Morgan fingerprint density at radius 3 is 2.82 bits per heavy atom. The van der Waals surface area contributed by atoms with E-state index in [2.05, 4.69) is 21.0 Å². The molecule has 0 bridgehead atoms. The second-order valence-corrected chi connectivity index (χ2v) is 4.13. The Hall–Kier alpha value is -1.88. The molecule has 5 nitrogen and oxygen atoms in total. The van der Waals surface area contributed by atoms with E-state index in [1.165, 1.54) is 5.56 Å². The lowest BCUT2D eigenvalue weighted by molar-refractivity contribution is 0.923. The van der Waals surface area contributed by atoms with Crippen LogP contribution in [0.15, 0.2) is 24.3 Å². The summed E-state index contributed by atoms with van der Waals surface area (Å²) in [5.74, 6) is 0.650. The van der Waals surface area contributed by atoms with E-state index in [9.17, 15) is 0 Å². The zero-order valence-corrected chi connectivity index (χ0v) is 9.72. The first-order chi connectivity index (χ1) is 8.24. The molecule has 1 aliphatic rings. The topological polar surface area (TPSA) is 67.9 Å². The van der Waals surface area contributed by atoms with Crippen molar-refractivity contribution in [2.24, 2.45) is 0 Å². The van der Waals surface area contributed by atoms with Gasteiger partial charge in [0.05, 0.1) is 0 Å². The lowest BCUT2D eigenvalue weighted by Gasteiger charge is -2.16. The molecule has 86 valence electrons. The molecule has 0 unspecified atom stereocenters. The minimum Gasteiger partial charge on any atom is -0.368 e. The summed E-state index contributed by atoms with van der Waals surface area (Å²) in [5, 5.41) is 0.122. The molecular weight excluding hydrogens is 238 g/mol. The summed E-state index contributed by atoms with van der Waals surface area (Å²) in [7, 11) is 0. The molecular formula is C11H10ClN5. The fraction of sp³-hybridized carbons (Fsp3) is 0.182. The summed E-state index contributed by atoms with van der Waals surface area (Å²) in [4.78, 5) is 14.0. The van der Waals surface area contributed by atoms with Gasteiger partial charge in [0, 0.05) is 12.2 Å². The van der Waals surface area contributed by atoms with E-state index in [1.807, 2.05) is 23.1 Å². The van der Waals surface area contributed by atoms with Crippen molar-refractivity contribution in [3.05, 3.63) is 35.1 Å². The van der Waals surface area contributed by atoms with Gasteiger partial charge in [0.2, 0.25) is 17.2 Å². The van der Waals surface area contributed by atoms with Gasteiger partial charge in [-0.05, 0) is 29.7 Å². The van der Waals surface area contributed by atoms with E-state index in [1.54, 1.807) is 0 Å². The van der Waals surface area contributed by atoms with Crippen LogP contribution in [0.4, 0.5) is 17.6 Å². The lowest BCUT2D eigenvalue weighted by atomic mass is 10.2. The molecule has 6 heteroatoms. The third-order valence-electron chi connectivity index (χ3n) is 2.74. The molecule has 0 spiro atoms. The van der Waals surface area contributed by atoms with Crippen LogP contribution < -0.4 is 10.6 Å². The highest BCUT2D eigenvalue weighted by atomic mass is 35.5. The van der Waals surface area contributed by atoms with E-state index in [0.717, 1.165) is 18.7 Å². The largest absolute Gasteiger partial charge is 0.368 e. The lowest BCUT2D eigenvalue weighted by Crippen LogP contribution is -2.17. The van der Waals surface area contributed by atoms with Gasteiger partial charge >= 0.3 is 0 Å². The van der Waals surface area contributed by atoms with Gasteiger partial charge in [-0.25, -0.2) is 0 Å². The number of halogens is 1. The van der Waals surface area contributed by atoms with E-state index >= 15 is 0 Å². The van der Waals surface area contributed by atoms with Gasteiger partial charge in [-0.1, -0.05) is 18.2 Å². The van der Waals surface area contributed by atoms with Crippen LogP contribution in [0.1, 0.15) is 5.56 Å². The third kappa shape index (κ3) is 1.78. The highest BCUT2D eigenvalue weighted by Gasteiger charge is 2.22. The minimum absolute atomic E-state index is 0.122. The van der Waals surface area contributed by atoms with Crippen molar-refractivity contribution in [2.45, 2.75) is 6.42 Å². The number of aromatic nitrogens is 3. The number of hydrogen-bond acceptors (Lipinski definition) is 5. The van der Waals surface area contributed by atoms with Gasteiger partial charge in [0.1, 0.15) is 0 Å². The monoisotopic (exact) mass is 247 g/mol. The summed E-state index contributed by atoms with van der Waals surface area (Å²) in [6.07, 6.45) is 0.972. The van der Waals surface area contributed by atoms with Crippen molar-refractivity contribution in [1.29, 1.82) is 0 Å². The maximum Gasteiger partial charge on any atom is 0.236 e. The second-order valence-electron chi connectivity index (χ2n) is 3.79. The predicted octanol–water partition coefficient (Wildman–Crippen LogP) is 1.80. The number of fused-ring (bicyclic) bond motifs is 1. The molecule has 0 saturated heterocycles. The number of hydrogen-bond donors (Lipinski definition) is 1. The summed E-state index contributed by atoms with van der Waals surface area (Å²) >= 11 is 5.79. The Labute approximate surface area is 103 Å². The normalized spacial score (nSPS) is 13.8. The third-order valence-corrected chi connectivity index (χ3v) is 2.91. The Morgan fingerprint density at radius 1 is 1.18 bits per heavy atom. The van der Waals surface area contributed by atoms with Gasteiger partial charge < -0.3 is 10.6 Å². The van der Waals surface area contributed by atoms with Crippen LogP contribution in [0, 0.1) is 0 Å². The van der Waals surface area contributed by atoms with E-state index < -0.39 is 0 Å². The van der Waals surface area contributed by atoms with Gasteiger partial charge in [-0.3, -0.25) is 0 Å². The van der Waals surface area contributed by atoms with Gasteiger partial charge in [0.15, 0.2) is 0 Å². The van der Waals surface area contributed by atoms with Crippen LogP contribution in [-0.4, -0.2) is 21.5 Å².